The van der Waals surface area contributed by atoms with E-state index in [2.05, 4.69) is 51.7 Å². The molecule has 0 radical (unpaired) electrons. The number of rotatable bonds is 6. The number of hydrogen-bond donors (Lipinski definition) is 1. The summed E-state index contributed by atoms with van der Waals surface area (Å²) in [4.78, 5) is 1.20. The molecule has 2 rings (SSSR count). The summed E-state index contributed by atoms with van der Waals surface area (Å²) in [6, 6.07) is 8.03. The van der Waals surface area contributed by atoms with E-state index in [1.165, 1.54) is 10.6 Å². The monoisotopic (exact) mass is 354 g/mol. The van der Waals surface area contributed by atoms with Gasteiger partial charge in [0.1, 0.15) is 0 Å². The summed E-state index contributed by atoms with van der Waals surface area (Å²) < 4.78 is 3.21. The number of thioether (sulfide) groups is 1. The number of aromatic nitrogens is 2. The summed E-state index contributed by atoms with van der Waals surface area (Å²) in [5.74, 6) is 0.889. The van der Waals surface area contributed by atoms with E-state index in [-0.39, 0.29) is 6.61 Å². The van der Waals surface area contributed by atoms with Crippen LogP contribution in [-0.2, 0) is 25.3 Å². The molecule has 0 aliphatic rings. The van der Waals surface area contributed by atoms with Crippen LogP contribution in [-0.4, -0.2) is 14.9 Å². The first kappa shape index (κ1) is 15.6. The van der Waals surface area contributed by atoms with E-state index in [0.717, 1.165) is 34.4 Å². The summed E-state index contributed by atoms with van der Waals surface area (Å²) in [5, 5.41) is 13.7. The van der Waals surface area contributed by atoms with Crippen molar-refractivity contribution in [1.82, 2.24) is 9.78 Å². The number of hydrogen-bond acceptors (Lipinski definition) is 3. The fourth-order valence-electron chi connectivity index (χ4n) is 2.00. The maximum Gasteiger partial charge on any atom is 0.0767 e. The minimum atomic E-state index is 0.0962. The van der Waals surface area contributed by atoms with Gasteiger partial charge in [-0.25, -0.2) is 0 Å². The summed E-state index contributed by atoms with van der Waals surface area (Å²) in [6.07, 6.45) is 0.941. The quantitative estimate of drug-likeness (QED) is 0.796. The molecular weight excluding hydrogens is 336 g/mol. The van der Waals surface area contributed by atoms with Crippen molar-refractivity contribution < 1.29 is 5.11 Å². The Morgan fingerprint density at radius 1 is 1.25 bits per heavy atom. The molecule has 0 bridgehead atoms. The highest BCUT2D eigenvalue weighted by Gasteiger charge is 2.13. The fourth-order valence-corrected chi connectivity index (χ4v) is 3.81. The topological polar surface area (TPSA) is 38.0 Å². The van der Waals surface area contributed by atoms with Crippen molar-refractivity contribution in [1.29, 1.82) is 0 Å². The Morgan fingerprint density at radius 3 is 2.50 bits per heavy atom. The van der Waals surface area contributed by atoms with Crippen molar-refractivity contribution >= 4 is 27.7 Å². The van der Waals surface area contributed by atoms with Crippen molar-refractivity contribution in [2.45, 2.75) is 44.1 Å². The van der Waals surface area contributed by atoms with E-state index in [1.54, 1.807) is 11.8 Å². The first-order chi connectivity index (χ1) is 9.69. The predicted molar refractivity (Wildman–Crippen MR) is 86.9 cm³/mol. The second kappa shape index (κ2) is 7.29. The molecule has 0 spiro atoms. The second-order valence-electron chi connectivity index (χ2n) is 4.47. The van der Waals surface area contributed by atoms with Gasteiger partial charge in [0.05, 0.1) is 22.5 Å². The number of aryl methyl sites for hydroxylation is 2. The maximum absolute atomic E-state index is 9.05. The van der Waals surface area contributed by atoms with Gasteiger partial charge in [-0.2, -0.15) is 5.10 Å². The molecule has 2 aromatic rings. The van der Waals surface area contributed by atoms with Gasteiger partial charge in [-0.05, 0) is 47.0 Å². The third-order valence-electron chi connectivity index (χ3n) is 3.18. The van der Waals surface area contributed by atoms with Crippen LogP contribution in [0.15, 0.2) is 33.6 Å². The lowest BCUT2D eigenvalue weighted by Crippen LogP contribution is -2.01. The number of aliphatic hydroxyl groups is 1. The molecule has 0 aliphatic heterocycles. The summed E-state index contributed by atoms with van der Waals surface area (Å²) in [6.45, 7) is 5.22. The van der Waals surface area contributed by atoms with Gasteiger partial charge in [0.15, 0.2) is 0 Å². The van der Waals surface area contributed by atoms with Crippen LogP contribution in [0.1, 0.15) is 30.8 Å². The number of halogens is 1. The van der Waals surface area contributed by atoms with Crippen LogP contribution < -0.4 is 0 Å². The van der Waals surface area contributed by atoms with E-state index in [1.807, 2.05) is 12.1 Å². The van der Waals surface area contributed by atoms with Crippen molar-refractivity contribution in [3.63, 3.8) is 0 Å². The Kier molecular flexibility index (Phi) is 5.69. The lowest BCUT2D eigenvalue weighted by Gasteiger charge is -2.06. The molecule has 0 amide bonds. The maximum atomic E-state index is 9.05. The molecular formula is C15H19BrN2OS. The third kappa shape index (κ3) is 3.45. The van der Waals surface area contributed by atoms with E-state index in [0.29, 0.717) is 0 Å². The Bertz CT molecular complexity index is 566. The van der Waals surface area contributed by atoms with Crippen LogP contribution in [0.4, 0.5) is 0 Å². The Labute approximate surface area is 132 Å². The van der Waals surface area contributed by atoms with E-state index >= 15 is 0 Å². The summed E-state index contributed by atoms with van der Waals surface area (Å²) in [5.41, 5.74) is 3.31. The fraction of sp³-hybridized carbons (Fsp3) is 0.400. The molecule has 0 aliphatic carbocycles. The minimum absolute atomic E-state index is 0.0962. The van der Waals surface area contributed by atoms with Gasteiger partial charge in [0, 0.05) is 17.2 Å². The zero-order valence-corrected chi connectivity index (χ0v) is 14.2. The molecule has 0 saturated heterocycles. The largest absolute Gasteiger partial charge is 0.392 e. The van der Waals surface area contributed by atoms with Gasteiger partial charge >= 0.3 is 0 Å². The number of benzene rings is 1. The molecule has 1 N–H and O–H groups in total. The molecule has 0 atom stereocenters. The third-order valence-corrected chi connectivity index (χ3v) is 5.11. The number of aliphatic hydroxyl groups excluding tert-OH is 1. The summed E-state index contributed by atoms with van der Waals surface area (Å²) in [7, 11) is 0. The Balaban J connectivity index is 2.11. The molecule has 20 heavy (non-hydrogen) atoms. The zero-order chi connectivity index (χ0) is 14.5. The highest BCUT2D eigenvalue weighted by Crippen LogP contribution is 2.29. The average Bonchev–Trinajstić information content (AvgIpc) is 2.81. The van der Waals surface area contributed by atoms with Crippen LogP contribution in [0.5, 0.6) is 0 Å². The Morgan fingerprint density at radius 2 is 1.95 bits per heavy atom. The predicted octanol–water partition coefficient (Wildman–Crippen LogP) is 4.01. The molecule has 1 aromatic carbocycles. The number of nitrogens with zero attached hydrogens (tertiary/aromatic N) is 2. The van der Waals surface area contributed by atoms with E-state index in [4.69, 9.17) is 5.11 Å². The highest BCUT2D eigenvalue weighted by atomic mass is 79.9. The van der Waals surface area contributed by atoms with Gasteiger partial charge in [0.2, 0.25) is 0 Å². The Hall–Kier alpha value is -0.780. The first-order valence-corrected chi connectivity index (χ1v) is 8.54. The van der Waals surface area contributed by atoms with Gasteiger partial charge in [-0.15, -0.1) is 11.8 Å². The van der Waals surface area contributed by atoms with Crippen molar-refractivity contribution in [2.24, 2.45) is 0 Å². The van der Waals surface area contributed by atoms with Crippen LogP contribution in [0.3, 0.4) is 0 Å². The van der Waals surface area contributed by atoms with Gasteiger partial charge in [-0.3, -0.25) is 4.68 Å². The van der Waals surface area contributed by atoms with E-state index in [9.17, 15) is 0 Å². The molecule has 1 heterocycles. The van der Waals surface area contributed by atoms with Crippen molar-refractivity contribution in [3.05, 3.63) is 45.7 Å². The average molecular weight is 355 g/mol. The second-order valence-corrected chi connectivity index (χ2v) is 6.31. The molecule has 0 saturated carbocycles. The normalized spacial score (nSPS) is 11.0. The van der Waals surface area contributed by atoms with Crippen molar-refractivity contribution in [3.8, 4) is 0 Å². The highest BCUT2D eigenvalue weighted by molar-refractivity contribution is 9.10. The van der Waals surface area contributed by atoms with Crippen LogP contribution in [0.25, 0.3) is 0 Å². The molecule has 5 heteroatoms. The first-order valence-electron chi connectivity index (χ1n) is 6.76. The van der Waals surface area contributed by atoms with Crippen LogP contribution >= 0.6 is 27.7 Å². The molecule has 0 unspecified atom stereocenters. The van der Waals surface area contributed by atoms with Crippen LogP contribution in [0, 0.1) is 0 Å². The molecule has 0 fully saturated rings. The lowest BCUT2D eigenvalue weighted by molar-refractivity contribution is 0.282. The van der Waals surface area contributed by atoms with E-state index < -0.39 is 0 Å². The van der Waals surface area contributed by atoms with Crippen LogP contribution in [0.2, 0.25) is 0 Å². The smallest absolute Gasteiger partial charge is 0.0767 e. The molecule has 3 nitrogen and oxygen atoms in total. The zero-order valence-electron chi connectivity index (χ0n) is 11.8. The van der Waals surface area contributed by atoms with Gasteiger partial charge in [0.25, 0.3) is 0 Å². The standard InChI is InChI=1S/C15H19BrN2OS/c1-3-13-15(16)14(18(4-2)17-13)10-20-12-7-5-11(9-19)6-8-12/h5-8,19H,3-4,9-10H2,1-2H3. The van der Waals surface area contributed by atoms with Gasteiger partial charge < -0.3 is 5.11 Å². The van der Waals surface area contributed by atoms with Gasteiger partial charge in [-0.1, -0.05) is 19.1 Å². The lowest BCUT2D eigenvalue weighted by atomic mass is 10.2. The molecule has 108 valence electrons. The SMILES string of the molecule is CCc1nn(CC)c(CSc2ccc(CO)cc2)c1Br. The summed E-state index contributed by atoms with van der Waals surface area (Å²) >= 11 is 5.46. The minimum Gasteiger partial charge on any atom is -0.392 e. The molecule has 1 aromatic heterocycles. The van der Waals surface area contributed by atoms with Crippen molar-refractivity contribution in [2.75, 3.05) is 0 Å².